The topological polar surface area (TPSA) is 73.9 Å². The number of rotatable bonds is 6. The molecule has 6 heteroatoms. The molecule has 0 aromatic heterocycles. The molecule has 1 N–H and O–H groups in total. The molecule has 0 unspecified atom stereocenters. The normalized spacial score (nSPS) is 10.1. The summed E-state index contributed by atoms with van der Waals surface area (Å²) in [6.07, 6.45) is 0. The summed E-state index contributed by atoms with van der Waals surface area (Å²) in [5, 5.41) is 2.74. The molecule has 0 spiro atoms. The zero-order chi connectivity index (χ0) is 18.4. The lowest BCUT2D eigenvalue weighted by atomic mass is 10.1. The van der Waals surface area contributed by atoms with Crippen LogP contribution < -0.4 is 14.8 Å². The highest BCUT2D eigenvalue weighted by atomic mass is 16.5. The summed E-state index contributed by atoms with van der Waals surface area (Å²) >= 11 is 0. The number of esters is 1. The van der Waals surface area contributed by atoms with Crippen LogP contribution in [0.25, 0.3) is 0 Å². The van der Waals surface area contributed by atoms with E-state index in [1.807, 2.05) is 32.0 Å². The van der Waals surface area contributed by atoms with Crippen molar-refractivity contribution < 1.29 is 23.8 Å². The molecule has 0 saturated carbocycles. The summed E-state index contributed by atoms with van der Waals surface area (Å²) in [5.41, 5.74) is 2.91. The van der Waals surface area contributed by atoms with Crippen LogP contribution >= 0.6 is 0 Å². The Hall–Kier alpha value is -3.02. The number of anilines is 1. The highest BCUT2D eigenvalue weighted by molar-refractivity contribution is 5.96. The fourth-order valence-electron chi connectivity index (χ4n) is 2.20. The highest BCUT2D eigenvalue weighted by Crippen LogP contribution is 2.23. The average molecular weight is 343 g/mol. The Kier molecular flexibility index (Phi) is 6.00. The van der Waals surface area contributed by atoms with Gasteiger partial charge in [-0.05, 0) is 43.2 Å². The molecule has 0 atom stereocenters. The molecule has 1 amide bonds. The molecule has 0 aliphatic carbocycles. The number of methoxy groups -OCH3 is 2. The van der Waals surface area contributed by atoms with Gasteiger partial charge in [0, 0.05) is 11.8 Å². The minimum Gasteiger partial charge on any atom is -0.497 e. The Morgan fingerprint density at radius 2 is 1.60 bits per heavy atom. The van der Waals surface area contributed by atoms with Crippen molar-refractivity contribution in [3.63, 3.8) is 0 Å². The third kappa shape index (κ3) is 4.97. The van der Waals surface area contributed by atoms with Crippen LogP contribution in [0.4, 0.5) is 5.69 Å². The number of hydrogen-bond donors (Lipinski definition) is 1. The lowest BCUT2D eigenvalue weighted by molar-refractivity contribution is -0.119. The summed E-state index contributed by atoms with van der Waals surface area (Å²) < 4.78 is 15.3. The van der Waals surface area contributed by atoms with E-state index in [-0.39, 0.29) is 12.2 Å². The maximum atomic E-state index is 12.1. The Balaban J connectivity index is 1.99. The van der Waals surface area contributed by atoms with Gasteiger partial charge >= 0.3 is 5.97 Å². The summed E-state index contributed by atoms with van der Waals surface area (Å²) in [5.74, 6) is -0.109. The van der Waals surface area contributed by atoms with E-state index >= 15 is 0 Å². The van der Waals surface area contributed by atoms with Gasteiger partial charge in [0.25, 0.3) is 5.91 Å². The first kappa shape index (κ1) is 18.3. The number of ether oxygens (including phenoxy) is 3. The van der Waals surface area contributed by atoms with Gasteiger partial charge in [-0.3, -0.25) is 4.79 Å². The Morgan fingerprint density at radius 1 is 0.960 bits per heavy atom. The fourth-order valence-corrected chi connectivity index (χ4v) is 2.20. The molecule has 0 heterocycles. The zero-order valence-electron chi connectivity index (χ0n) is 14.7. The molecule has 0 radical (unpaired) electrons. The first-order chi connectivity index (χ1) is 11.9. The summed E-state index contributed by atoms with van der Waals surface area (Å²) in [6, 6.07) is 10.4. The van der Waals surface area contributed by atoms with Gasteiger partial charge in [-0.15, -0.1) is 0 Å². The molecule has 2 aromatic carbocycles. The van der Waals surface area contributed by atoms with Gasteiger partial charge in [-0.25, -0.2) is 4.79 Å². The number of benzene rings is 2. The number of carbonyl (C=O) groups excluding carboxylic acids is 2. The number of hydrogen-bond acceptors (Lipinski definition) is 5. The Labute approximate surface area is 146 Å². The van der Waals surface area contributed by atoms with Crippen molar-refractivity contribution in [3.8, 4) is 11.5 Å². The van der Waals surface area contributed by atoms with Crippen molar-refractivity contribution >= 4 is 17.6 Å². The summed E-state index contributed by atoms with van der Waals surface area (Å²) in [6.45, 7) is 3.45. The molecule has 2 aromatic rings. The molecule has 132 valence electrons. The van der Waals surface area contributed by atoms with Gasteiger partial charge in [-0.2, -0.15) is 0 Å². The first-order valence-corrected chi connectivity index (χ1v) is 7.70. The van der Waals surface area contributed by atoms with Crippen LogP contribution in [0, 0.1) is 13.8 Å². The number of nitrogens with one attached hydrogen (secondary N) is 1. The predicted octanol–water partition coefficient (Wildman–Crippen LogP) is 3.12. The van der Waals surface area contributed by atoms with E-state index in [9.17, 15) is 9.59 Å². The van der Waals surface area contributed by atoms with Crippen molar-refractivity contribution in [1.29, 1.82) is 0 Å². The molecule has 2 rings (SSSR count). The predicted molar refractivity (Wildman–Crippen MR) is 94.4 cm³/mol. The van der Waals surface area contributed by atoms with Crippen LogP contribution in [0.3, 0.4) is 0 Å². The van der Waals surface area contributed by atoms with Crippen LogP contribution in [0.15, 0.2) is 36.4 Å². The maximum absolute atomic E-state index is 12.1. The lowest BCUT2D eigenvalue weighted by Crippen LogP contribution is -2.21. The van der Waals surface area contributed by atoms with E-state index in [2.05, 4.69) is 5.32 Å². The molecule has 6 nitrogen and oxygen atoms in total. The van der Waals surface area contributed by atoms with Gasteiger partial charge in [0.1, 0.15) is 11.5 Å². The Bertz CT molecular complexity index is 763. The highest BCUT2D eigenvalue weighted by Gasteiger charge is 2.14. The lowest BCUT2D eigenvalue weighted by Gasteiger charge is -2.11. The average Bonchev–Trinajstić information content (AvgIpc) is 2.62. The van der Waals surface area contributed by atoms with E-state index in [4.69, 9.17) is 14.2 Å². The molecule has 0 saturated heterocycles. The standard InChI is InChI=1S/C19H21NO5/c1-12-5-6-13(2)17(7-12)20-18(21)11-25-19(22)14-8-15(23-3)10-16(9-14)24-4/h5-10H,11H2,1-4H3,(H,20,21). The van der Waals surface area contributed by atoms with E-state index in [0.717, 1.165) is 11.1 Å². The molecular formula is C19H21NO5. The third-order valence-electron chi connectivity index (χ3n) is 3.59. The molecule has 0 fully saturated rings. The summed E-state index contributed by atoms with van der Waals surface area (Å²) in [7, 11) is 2.98. The first-order valence-electron chi connectivity index (χ1n) is 7.70. The minimum atomic E-state index is -0.631. The largest absolute Gasteiger partial charge is 0.497 e. The van der Waals surface area contributed by atoms with Crippen molar-refractivity contribution in [2.24, 2.45) is 0 Å². The maximum Gasteiger partial charge on any atom is 0.338 e. The second-order valence-corrected chi connectivity index (χ2v) is 5.54. The molecule has 0 bridgehead atoms. The van der Waals surface area contributed by atoms with Crippen molar-refractivity contribution in [2.75, 3.05) is 26.1 Å². The molecule has 0 aliphatic heterocycles. The minimum absolute atomic E-state index is 0.246. The van der Waals surface area contributed by atoms with E-state index in [0.29, 0.717) is 17.2 Å². The second kappa shape index (κ2) is 8.19. The third-order valence-corrected chi connectivity index (χ3v) is 3.59. The van der Waals surface area contributed by atoms with Crippen molar-refractivity contribution in [2.45, 2.75) is 13.8 Å². The number of carbonyl (C=O) groups is 2. The van der Waals surface area contributed by atoms with Gasteiger partial charge in [-0.1, -0.05) is 12.1 Å². The van der Waals surface area contributed by atoms with Crippen molar-refractivity contribution in [1.82, 2.24) is 0 Å². The van der Waals surface area contributed by atoms with Crippen LogP contribution in [-0.4, -0.2) is 32.7 Å². The van der Waals surface area contributed by atoms with Gasteiger partial charge in [0.2, 0.25) is 0 Å². The molecule has 25 heavy (non-hydrogen) atoms. The molecular weight excluding hydrogens is 322 g/mol. The van der Waals surface area contributed by atoms with Crippen LogP contribution in [0.1, 0.15) is 21.5 Å². The van der Waals surface area contributed by atoms with E-state index in [1.54, 1.807) is 6.07 Å². The Morgan fingerprint density at radius 3 is 2.20 bits per heavy atom. The van der Waals surface area contributed by atoms with Crippen molar-refractivity contribution in [3.05, 3.63) is 53.1 Å². The SMILES string of the molecule is COc1cc(OC)cc(C(=O)OCC(=O)Nc2cc(C)ccc2C)c1. The van der Waals surface area contributed by atoms with Gasteiger partial charge in [0.05, 0.1) is 19.8 Å². The zero-order valence-corrected chi connectivity index (χ0v) is 14.7. The summed E-state index contributed by atoms with van der Waals surface area (Å²) in [4.78, 5) is 24.2. The van der Waals surface area contributed by atoms with E-state index < -0.39 is 11.9 Å². The monoisotopic (exact) mass is 343 g/mol. The second-order valence-electron chi connectivity index (χ2n) is 5.54. The van der Waals surface area contributed by atoms with E-state index in [1.165, 1.54) is 26.4 Å². The van der Waals surface area contributed by atoms with Crippen LogP contribution in [0.5, 0.6) is 11.5 Å². The number of amides is 1. The van der Waals surface area contributed by atoms with Gasteiger partial charge < -0.3 is 19.5 Å². The van der Waals surface area contributed by atoms with Crippen LogP contribution in [0.2, 0.25) is 0 Å². The quantitative estimate of drug-likeness (QED) is 0.816. The molecule has 0 aliphatic rings. The van der Waals surface area contributed by atoms with Crippen LogP contribution in [-0.2, 0) is 9.53 Å². The van der Waals surface area contributed by atoms with Gasteiger partial charge in [0.15, 0.2) is 6.61 Å². The smallest absolute Gasteiger partial charge is 0.338 e. The number of aryl methyl sites for hydroxylation is 2. The fraction of sp³-hybridized carbons (Fsp3) is 0.263.